The Labute approximate surface area is 112 Å². The first-order chi connectivity index (χ1) is 8.49. The average molecular weight is 268 g/mol. The Morgan fingerprint density at radius 1 is 1.39 bits per heavy atom. The lowest BCUT2D eigenvalue weighted by atomic mass is 9.95. The molecule has 0 aromatic heterocycles. The van der Waals surface area contributed by atoms with Crippen LogP contribution in [0.2, 0.25) is 5.02 Å². The third-order valence-corrected chi connectivity index (χ3v) is 3.88. The van der Waals surface area contributed by atoms with Gasteiger partial charge in [-0.2, -0.15) is 0 Å². The number of carbonyl (C=O) groups is 1. The lowest BCUT2D eigenvalue weighted by Crippen LogP contribution is -2.38. The molecule has 1 aliphatic heterocycles. The molecule has 2 rings (SSSR count). The standard InChI is InChI=1S/C13H18ClN3O/c1-8-6-11(15)10(14)7-12(8)17-4-2-9(3-5-17)13(16)18/h6-7,9H,2-5,15H2,1H3,(H2,16,18). The van der Waals surface area contributed by atoms with Crippen LogP contribution in [0.4, 0.5) is 11.4 Å². The molecule has 0 atom stereocenters. The lowest BCUT2D eigenvalue weighted by Gasteiger charge is -2.33. The second-order valence-corrected chi connectivity index (χ2v) is 5.23. The van der Waals surface area contributed by atoms with Crippen molar-refractivity contribution < 1.29 is 4.79 Å². The maximum Gasteiger partial charge on any atom is 0.220 e. The van der Waals surface area contributed by atoms with Gasteiger partial charge in [-0.1, -0.05) is 11.6 Å². The first-order valence-corrected chi connectivity index (χ1v) is 6.46. The van der Waals surface area contributed by atoms with Gasteiger partial charge in [-0.3, -0.25) is 4.79 Å². The highest BCUT2D eigenvalue weighted by Crippen LogP contribution is 2.31. The zero-order valence-electron chi connectivity index (χ0n) is 10.4. The third kappa shape index (κ3) is 2.53. The van der Waals surface area contributed by atoms with Gasteiger partial charge in [0, 0.05) is 24.7 Å². The minimum absolute atomic E-state index is 0.00538. The van der Waals surface area contributed by atoms with Crippen molar-refractivity contribution in [3.63, 3.8) is 0 Å². The molecule has 0 unspecified atom stereocenters. The van der Waals surface area contributed by atoms with Crippen LogP contribution in [-0.2, 0) is 4.79 Å². The van der Waals surface area contributed by atoms with E-state index < -0.39 is 0 Å². The summed E-state index contributed by atoms with van der Waals surface area (Å²) < 4.78 is 0. The number of primary amides is 1. The highest BCUT2D eigenvalue weighted by molar-refractivity contribution is 6.33. The van der Waals surface area contributed by atoms with Gasteiger partial charge in [-0.05, 0) is 37.5 Å². The fourth-order valence-corrected chi connectivity index (χ4v) is 2.60. The number of nitrogen functional groups attached to an aromatic ring is 1. The van der Waals surface area contributed by atoms with Crippen LogP contribution < -0.4 is 16.4 Å². The molecule has 4 N–H and O–H groups in total. The van der Waals surface area contributed by atoms with Gasteiger partial charge in [0.25, 0.3) is 0 Å². The third-order valence-electron chi connectivity index (χ3n) is 3.55. The van der Waals surface area contributed by atoms with Crippen molar-refractivity contribution in [3.05, 3.63) is 22.7 Å². The molecular weight excluding hydrogens is 250 g/mol. The molecule has 1 saturated heterocycles. The van der Waals surface area contributed by atoms with E-state index >= 15 is 0 Å². The molecule has 1 aromatic carbocycles. The van der Waals surface area contributed by atoms with E-state index in [1.54, 1.807) is 0 Å². The number of nitrogens with two attached hydrogens (primary N) is 2. The summed E-state index contributed by atoms with van der Waals surface area (Å²) in [7, 11) is 0. The van der Waals surface area contributed by atoms with Crippen LogP contribution >= 0.6 is 11.6 Å². The zero-order chi connectivity index (χ0) is 13.3. The molecule has 18 heavy (non-hydrogen) atoms. The van der Waals surface area contributed by atoms with E-state index in [1.165, 1.54) is 0 Å². The molecule has 1 aliphatic rings. The van der Waals surface area contributed by atoms with Crippen LogP contribution in [0.15, 0.2) is 12.1 Å². The molecule has 1 fully saturated rings. The van der Waals surface area contributed by atoms with Gasteiger partial charge < -0.3 is 16.4 Å². The van der Waals surface area contributed by atoms with Crippen LogP contribution in [0.1, 0.15) is 18.4 Å². The van der Waals surface area contributed by atoms with Gasteiger partial charge in [0.2, 0.25) is 5.91 Å². The fourth-order valence-electron chi connectivity index (χ4n) is 2.44. The lowest BCUT2D eigenvalue weighted by molar-refractivity contribution is -0.122. The smallest absolute Gasteiger partial charge is 0.220 e. The Hall–Kier alpha value is -1.42. The predicted octanol–water partition coefficient (Wildman–Crippen LogP) is 1.93. The van der Waals surface area contributed by atoms with Crippen molar-refractivity contribution in [2.24, 2.45) is 11.7 Å². The summed E-state index contributed by atoms with van der Waals surface area (Å²) in [6, 6.07) is 3.79. The minimum atomic E-state index is -0.193. The summed E-state index contributed by atoms with van der Waals surface area (Å²) in [5.41, 5.74) is 13.9. The van der Waals surface area contributed by atoms with Crippen LogP contribution in [0.25, 0.3) is 0 Å². The summed E-state index contributed by atoms with van der Waals surface area (Å²) in [6.07, 6.45) is 1.60. The van der Waals surface area contributed by atoms with Gasteiger partial charge in [0.05, 0.1) is 10.7 Å². The summed E-state index contributed by atoms with van der Waals surface area (Å²) in [4.78, 5) is 13.4. The number of carbonyl (C=O) groups excluding carboxylic acids is 1. The molecule has 1 heterocycles. The highest BCUT2D eigenvalue weighted by atomic mass is 35.5. The molecular formula is C13H18ClN3O. The van der Waals surface area contributed by atoms with Crippen molar-refractivity contribution >= 4 is 28.9 Å². The van der Waals surface area contributed by atoms with E-state index in [0.29, 0.717) is 10.7 Å². The van der Waals surface area contributed by atoms with Crippen molar-refractivity contribution in [2.75, 3.05) is 23.7 Å². The SMILES string of the molecule is Cc1cc(N)c(Cl)cc1N1CCC(C(N)=O)CC1. The topological polar surface area (TPSA) is 72.3 Å². The first kappa shape index (κ1) is 13.0. The Balaban J connectivity index is 2.15. The van der Waals surface area contributed by atoms with E-state index in [0.717, 1.165) is 37.2 Å². The van der Waals surface area contributed by atoms with Crippen molar-refractivity contribution in [2.45, 2.75) is 19.8 Å². The van der Waals surface area contributed by atoms with Crippen LogP contribution in [0.5, 0.6) is 0 Å². The van der Waals surface area contributed by atoms with E-state index in [9.17, 15) is 4.79 Å². The molecule has 4 nitrogen and oxygen atoms in total. The van der Waals surface area contributed by atoms with E-state index in [-0.39, 0.29) is 11.8 Å². The summed E-state index contributed by atoms with van der Waals surface area (Å²) in [6.45, 7) is 3.67. The number of hydrogen-bond acceptors (Lipinski definition) is 3. The second-order valence-electron chi connectivity index (χ2n) is 4.82. The minimum Gasteiger partial charge on any atom is -0.398 e. The maximum absolute atomic E-state index is 11.1. The van der Waals surface area contributed by atoms with Gasteiger partial charge in [0.1, 0.15) is 0 Å². The van der Waals surface area contributed by atoms with Crippen LogP contribution in [0, 0.1) is 12.8 Å². The first-order valence-electron chi connectivity index (χ1n) is 6.09. The number of aryl methyl sites for hydroxylation is 1. The molecule has 0 aliphatic carbocycles. The van der Waals surface area contributed by atoms with Crippen molar-refractivity contribution in [1.82, 2.24) is 0 Å². The van der Waals surface area contributed by atoms with E-state index in [1.807, 2.05) is 19.1 Å². The summed E-state index contributed by atoms with van der Waals surface area (Å²) >= 11 is 6.06. The van der Waals surface area contributed by atoms with Crippen molar-refractivity contribution in [3.8, 4) is 0 Å². The van der Waals surface area contributed by atoms with Gasteiger partial charge in [-0.15, -0.1) is 0 Å². The average Bonchev–Trinajstić information content (AvgIpc) is 2.34. The van der Waals surface area contributed by atoms with Gasteiger partial charge >= 0.3 is 0 Å². The van der Waals surface area contributed by atoms with Gasteiger partial charge in [0.15, 0.2) is 0 Å². The number of amides is 1. The predicted molar refractivity (Wildman–Crippen MR) is 74.7 cm³/mol. The molecule has 5 heteroatoms. The molecule has 1 amide bonds. The second kappa shape index (κ2) is 5.06. The maximum atomic E-state index is 11.1. The normalized spacial score (nSPS) is 16.9. The molecule has 0 saturated carbocycles. The highest BCUT2D eigenvalue weighted by Gasteiger charge is 2.24. The Kier molecular flexibility index (Phi) is 3.66. The number of piperidine rings is 1. The molecule has 0 bridgehead atoms. The zero-order valence-corrected chi connectivity index (χ0v) is 11.2. The molecule has 0 radical (unpaired) electrons. The number of anilines is 2. The monoisotopic (exact) mass is 267 g/mol. The Morgan fingerprint density at radius 2 is 2.00 bits per heavy atom. The number of rotatable bonds is 2. The summed E-state index contributed by atoms with van der Waals surface area (Å²) in [5.74, 6) is -0.187. The Morgan fingerprint density at radius 3 is 2.56 bits per heavy atom. The molecule has 1 aromatic rings. The van der Waals surface area contributed by atoms with E-state index in [2.05, 4.69) is 4.90 Å². The quantitative estimate of drug-likeness (QED) is 0.805. The summed E-state index contributed by atoms with van der Waals surface area (Å²) in [5, 5.41) is 0.577. The number of hydrogen-bond donors (Lipinski definition) is 2. The van der Waals surface area contributed by atoms with Crippen molar-refractivity contribution in [1.29, 1.82) is 0 Å². The number of halogens is 1. The fraction of sp³-hybridized carbons (Fsp3) is 0.462. The van der Waals surface area contributed by atoms with Crippen LogP contribution in [0.3, 0.4) is 0 Å². The molecule has 0 spiro atoms. The Bertz CT molecular complexity index is 468. The van der Waals surface area contributed by atoms with E-state index in [4.69, 9.17) is 23.1 Å². The van der Waals surface area contributed by atoms with Crippen LogP contribution in [-0.4, -0.2) is 19.0 Å². The number of nitrogens with zero attached hydrogens (tertiary/aromatic N) is 1. The van der Waals surface area contributed by atoms with Gasteiger partial charge in [-0.25, -0.2) is 0 Å². The number of benzene rings is 1. The largest absolute Gasteiger partial charge is 0.398 e. The molecule has 98 valence electrons.